The van der Waals surface area contributed by atoms with Gasteiger partial charge in [0.25, 0.3) is 0 Å². The standard InChI is InChI=1S/C56H68N2O7S/c1-6-11-16-17-18-19-28-58-49-26-20-40(46-24-22-43(61-29-12-7-2)36-51(46)63-31-14-9-4)34-53(49)65-54-35-41(21-27-50(54)58)55-48(38-45(66-55)33-42(39-57)56(59)60)47-25-23-44(62-30-13-8-3)37-52(47)64-32-15-10-5/h20-27,33-38H,6-19,28-32H2,1-5H3,(H,59,60)/b42-33+. The third kappa shape index (κ3) is 13.1. The first-order valence-electron chi connectivity index (χ1n) is 24.3. The normalized spacial score (nSPS) is 11.9. The maximum Gasteiger partial charge on any atom is 0.346 e. The molecule has 0 fully saturated rings. The molecule has 0 amide bonds. The number of unbranched alkanes of at least 4 members (excludes halogenated alkanes) is 9. The summed E-state index contributed by atoms with van der Waals surface area (Å²) in [7, 11) is 0. The summed E-state index contributed by atoms with van der Waals surface area (Å²) in [5.74, 6) is 3.21. The van der Waals surface area contributed by atoms with Crippen LogP contribution >= 0.6 is 11.3 Å². The summed E-state index contributed by atoms with van der Waals surface area (Å²) in [5.41, 5.74) is 6.23. The maximum atomic E-state index is 12.0. The molecule has 6 rings (SSSR count). The van der Waals surface area contributed by atoms with Crippen LogP contribution in [0.5, 0.6) is 34.5 Å². The zero-order chi connectivity index (χ0) is 46.7. The predicted octanol–water partition coefficient (Wildman–Crippen LogP) is 16.1. The van der Waals surface area contributed by atoms with E-state index < -0.39 is 5.97 Å². The Morgan fingerprint density at radius 3 is 1.70 bits per heavy atom. The van der Waals surface area contributed by atoms with Gasteiger partial charge in [0.2, 0.25) is 0 Å². The highest BCUT2D eigenvalue weighted by Gasteiger charge is 2.27. The van der Waals surface area contributed by atoms with Crippen LogP contribution in [0.2, 0.25) is 0 Å². The van der Waals surface area contributed by atoms with Gasteiger partial charge in [0.15, 0.2) is 11.5 Å². The molecule has 1 aliphatic rings. The molecule has 1 aromatic heterocycles. The molecule has 0 saturated heterocycles. The lowest BCUT2D eigenvalue weighted by molar-refractivity contribution is -0.132. The number of ether oxygens (including phenoxy) is 5. The number of carboxylic acids is 1. The highest BCUT2D eigenvalue weighted by molar-refractivity contribution is 7.17. The molecule has 2 heterocycles. The zero-order valence-electron chi connectivity index (χ0n) is 39.7. The summed E-state index contributed by atoms with van der Waals surface area (Å²) in [6, 6.07) is 28.7. The van der Waals surface area contributed by atoms with Crippen molar-refractivity contribution in [2.24, 2.45) is 0 Å². The van der Waals surface area contributed by atoms with Crippen LogP contribution in [-0.2, 0) is 4.79 Å². The first-order chi connectivity index (χ1) is 32.3. The molecule has 10 heteroatoms. The van der Waals surface area contributed by atoms with Gasteiger partial charge in [-0.15, -0.1) is 11.3 Å². The Balaban J connectivity index is 1.44. The van der Waals surface area contributed by atoms with Crippen LogP contribution in [0.1, 0.15) is 129 Å². The number of aliphatic carboxylic acids is 1. The van der Waals surface area contributed by atoms with Gasteiger partial charge in [0.1, 0.15) is 34.6 Å². The molecule has 0 spiro atoms. The van der Waals surface area contributed by atoms with Crippen molar-refractivity contribution in [3.8, 4) is 73.3 Å². The fraction of sp³-hybridized carbons (Fsp3) is 0.429. The first kappa shape index (κ1) is 49.5. The van der Waals surface area contributed by atoms with E-state index in [-0.39, 0.29) is 5.57 Å². The molecule has 350 valence electrons. The molecule has 0 atom stereocenters. The average molecular weight is 913 g/mol. The highest BCUT2D eigenvalue weighted by Crippen LogP contribution is 2.52. The van der Waals surface area contributed by atoms with E-state index in [4.69, 9.17) is 23.7 Å². The Morgan fingerprint density at radius 2 is 1.12 bits per heavy atom. The van der Waals surface area contributed by atoms with Gasteiger partial charge < -0.3 is 33.7 Å². The van der Waals surface area contributed by atoms with Gasteiger partial charge in [-0.3, -0.25) is 0 Å². The number of benzene rings is 4. The van der Waals surface area contributed by atoms with Crippen molar-refractivity contribution < 1.29 is 33.6 Å². The fourth-order valence-corrected chi connectivity index (χ4v) is 8.98. The van der Waals surface area contributed by atoms with E-state index in [1.54, 1.807) is 0 Å². The van der Waals surface area contributed by atoms with E-state index in [0.29, 0.717) is 37.1 Å². The molecule has 0 saturated carbocycles. The summed E-state index contributed by atoms with van der Waals surface area (Å²) >= 11 is 1.43. The second-order valence-electron chi connectivity index (χ2n) is 16.9. The Morgan fingerprint density at radius 1 is 0.606 bits per heavy atom. The molecule has 0 aliphatic carbocycles. The summed E-state index contributed by atoms with van der Waals surface area (Å²) in [5, 5.41) is 19.6. The number of nitriles is 1. The quantitative estimate of drug-likeness (QED) is 0.0298. The number of carbonyl (C=O) groups is 1. The number of thiophene rings is 1. The first-order valence-corrected chi connectivity index (χ1v) is 25.2. The van der Waals surface area contributed by atoms with Crippen molar-refractivity contribution in [3.63, 3.8) is 0 Å². The fourth-order valence-electron chi connectivity index (χ4n) is 7.87. The van der Waals surface area contributed by atoms with Gasteiger partial charge in [-0.1, -0.05) is 105 Å². The van der Waals surface area contributed by atoms with Crippen LogP contribution in [0.4, 0.5) is 11.4 Å². The smallest absolute Gasteiger partial charge is 0.346 e. The van der Waals surface area contributed by atoms with Gasteiger partial charge in [-0.2, -0.15) is 5.26 Å². The van der Waals surface area contributed by atoms with Crippen LogP contribution in [0, 0.1) is 11.3 Å². The van der Waals surface area contributed by atoms with Crippen LogP contribution < -0.4 is 28.6 Å². The number of nitrogens with zero attached hydrogens (tertiary/aromatic N) is 2. The summed E-state index contributed by atoms with van der Waals surface area (Å²) < 4.78 is 32.1. The SMILES string of the molecule is CCCCCCCCN1c2ccc(-c3ccc(OCCCC)cc3OCCCC)cc2Oc2cc(-c3sc(/C=C(\C#N)C(=O)O)cc3-c3ccc(OCCCC)cc3OCCCC)ccc21. The van der Waals surface area contributed by atoms with E-state index in [0.717, 1.165) is 144 Å². The summed E-state index contributed by atoms with van der Waals surface area (Å²) in [6.07, 6.45) is 16.4. The van der Waals surface area contributed by atoms with Crippen LogP contribution in [-0.4, -0.2) is 44.0 Å². The van der Waals surface area contributed by atoms with Gasteiger partial charge in [0, 0.05) is 45.1 Å². The minimum Gasteiger partial charge on any atom is -0.493 e. The summed E-state index contributed by atoms with van der Waals surface area (Å²) in [4.78, 5) is 16.0. The molecule has 1 aliphatic heterocycles. The van der Waals surface area contributed by atoms with E-state index in [2.05, 4.69) is 82.0 Å². The van der Waals surface area contributed by atoms with Gasteiger partial charge in [-0.25, -0.2) is 4.79 Å². The molecule has 0 bridgehead atoms. The van der Waals surface area contributed by atoms with Crippen molar-refractivity contribution in [1.29, 1.82) is 5.26 Å². The van der Waals surface area contributed by atoms with Crippen molar-refractivity contribution in [1.82, 2.24) is 0 Å². The van der Waals surface area contributed by atoms with E-state index in [9.17, 15) is 15.2 Å². The summed E-state index contributed by atoms with van der Waals surface area (Å²) in [6.45, 7) is 14.1. The minimum atomic E-state index is -1.27. The van der Waals surface area contributed by atoms with E-state index in [1.165, 1.54) is 43.1 Å². The molecule has 66 heavy (non-hydrogen) atoms. The number of hydrogen-bond donors (Lipinski definition) is 1. The van der Waals surface area contributed by atoms with Crippen molar-refractivity contribution >= 4 is 34.8 Å². The van der Waals surface area contributed by atoms with E-state index in [1.807, 2.05) is 42.5 Å². The van der Waals surface area contributed by atoms with Crippen LogP contribution in [0.15, 0.2) is 84.4 Å². The Bertz CT molecular complexity index is 2430. The second kappa shape index (κ2) is 25.7. The monoisotopic (exact) mass is 912 g/mol. The third-order valence-electron chi connectivity index (χ3n) is 11.7. The Hall–Kier alpha value is -5.92. The third-order valence-corrected chi connectivity index (χ3v) is 12.8. The number of fused-ring (bicyclic) bond motifs is 2. The molecule has 9 nitrogen and oxygen atoms in total. The molecule has 0 unspecified atom stereocenters. The molecule has 5 aromatic rings. The van der Waals surface area contributed by atoms with Crippen molar-refractivity contribution in [2.75, 3.05) is 37.9 Å². The Labute approximate surface area is 396 Å². The molecular weight excluding hydrogens is 845 g/mol. The molecule has 4 aromatic carbocycles. The average Bonchev–Trinajstić information content (AvgIpc) is 3.75. The molecule has 0 radical (unpaired) electrons. The van der Waals surface area contributed by atoms with Crippen molar-refractivity contribution in [3.05, 3.63) is 89.3 Å². The lowest BCUT2D eigenvalue weighted by Gasteiger charge is -2.33. The second-order valence-corrected chi connectivity index (χ2v) is 18.0. The molecule has 1 N–H and O–H groups in total. The van der Waals surface area contributed by atoms with Gasteiger partial charge in [0.05, 0.1) is 37.8 Å². The largest absolute Gasteiger partial charge is 0.493 e. The number of carboxylic acid groups (broad SMARTS) is 1. The van der Waals surface area contributed by atoms with Gasteiger partial charge in [-0.05, 0) is 104 Å². The molecular formula is C56H68N2O7S. The van der Waals surface area contributed by atoms with Gasteiger partial charge >= 0.3 is 5.97 Å². The number of rotatable bonds is 28. The number of hydrogen-bond acceptors (Lipinski definition) is 9. The van der Waals surface area contributed by atoms with E-state index >= 15 is 0 Å². The van der Waals surface area contributed by atoms with Crippen molar-refractivity contribution in [2.45, 2.75) is 125 Å². The van der Waals surface area contributed by atoms with Crippen LogP contribution in [0.25, 0.3) is 38.8 Å². The maximum absolute atomic E-state index is 12.0. The lowest BCUT2D eigenvalue weighted by atomic mass is 9.99. The zero-order valence-corrected chi connectivity index (χ0v) is 40.5. The predicted molar refractivity (Wildman–Crippen MR) is 270 cm³/mol. The number of anilines is 2. The Kier molecular flexibility index (Phi) is 19.3. The van der Waals surface area contributed by atoms with Crippen LogP contribution in [0.3, 0.4) is 0 Å². The highest BCUT2D eigenvalue weighted by atomic mass is 32.1. The lowest BCUT2D eigenvalue weighted by Crippen LogP contribution is -2.22. The minimum absolute atomic E-state index is 0.336. The topological polar surface area (TPSA) is 110 Å².